The Morgan fingerprint density at radius 1 is 1.53 bits per heavy atom. The summed E-state index contributed by atoms with van der Waals surface area (Å²) in [6.07, 6.45) is 0. The molecule has 4 heteroatoms. The van der Waals surface area contributed by atoms with E-state index >= 15 is 0 Å². The van der Waals surface area contributed by atoms with Crippen LogP contribution in [-0.4, -0.2) is 19.1 Å². The van der Waals surface area contributed by atoms with Crippen LogP contribution in [0.25, 0.3) is 0 Å². The smallest absolute Gasteiger partial charge is 0.216 e. The molecule has 0 aliphatic carbocycles. The molecule has 4 nitrogen and oxygen atoms in total. The Labute approximate surface area is 89.4 Å². The number of amides is 1. The van der Waals surface area contributed by atoms with Crippen LogP contribution in [0.4, 0.5) is 0 Å². The molecular formula is C11H16N2O2. The first kappa shape index (κ1) is 11.5. The van der Waals surface area contributed by atoms with E-state index in [-0.39, 0.29) is 5.91 Å². The van der Waals surface area contributed by atoms with Gasteiger partial charge in [-0.3, -0.25) is 4.79 Å². The van der Waals surface area contributed by atoms with E-state index < -0.39 is 0 Å². The molecule has 1 aromatic rings. The van der Waals surface area contributed by atoms with Crippen LogP contribution in [0.1, 0.15) is 12.5 Å². The number of nitrogens with two attached hydrogens (primary N) is 1. The van der Waals surface area contributed by atoms with Gasteiger partial charge < -0.3 is 15.8 Å². The van der Waals surface area contributed by atoms with Gasteiger partial charge in [-0.15, -0.1) is 0 Å². The predicted molar refractivity (Wildman–Crippen MR) is 58.5 cm³/mol. The fourth-order valence-corrected chi connectivity index (χ4v) is 1.16. The molecule has 0 saturated heterocycles. The second-order valence-corrected chi connectivity index (χ2v) is 3.18. The molecule has 0 saturated carbocycles. The normalized spacial score (nSPS) is 9.73. The first-order valence-corrected chi connectivity index (χ1v) is 4.88. The number of carbonyl (C=O) groups is 1. The Hall–Kier alpha value is -1.55. The summed E-state index contributed by atoms with van der Waals surface area (Å²) in [4.78, 5) is 10.6. The van der Waals surface area contributed by atoms with Gasteiger partial charge in [-0.05, 0) is 17.7 Å². The fraction of sp³-hybridized carbons (Fsp3) is 0.364. The van der Waals surface area contributed by atoms with E-state index in [4.69, 9.17) is 10.5 Å². The number of hydrogen-bond donors (Lipinski definition) is 2. The minimum Gasteiger partial charge on any atom is -0.492 e. The quantitative estimate of drug-likeness (QED) is 0.699. The maximum absolute atomic E-state index is 10.6. The lowest BCUT2D eigenvalue weighted by atomic mass is 10.2. The molecule has 0 unspecified atom stereocenters. The standard InChI is InChI=1S/C11H16N2O2/c1-9(14)13-5-6-15-11-4-2-3-10(7-11)8-12/h2-4,7H,5-6,8,12H2,1H3,(H,13,14). The van der Waals surface area contributed by atoms with E-state index in [0.29, 0.717) is 19.7 Å². The van der Waals surface area contributed by atoms with Crippen molar-refractivity contribution < 1.29 is 9.53 Å². The number of hydrogen-bond acceptors (Lipinski definition) is 3. The molecule has 15 heavy (non-hydrogen) atoms. The van der Waals surface area contributed by atoms with E-state index in [1.807, 2.05) is 24.3 Å². The molecule has 82 valence electrons. The monoisotopic (exact) mass is 208 g/mol. The van der Waals surface area contributed by atoms with Crippen molar-refractivity contribution in [3.05, 3.63) is 29.8 Å². The third-order valence-corrected chi connectivity index (χ3v) is 1.88. The Balaban J connectivity index is 2.33. The zero-order valence-corrected chi connectivity index (χ0v) is 8.82. The number of benzene rings is 1. The van der Waals surface area contributed by atoms with Crippen molar-refractivity contribution >= 4 is 5.91 Å². The van der Waals surface area contributed by atoms with Gasteiger partial charge in [0.25, 0.3) is 0 Å². The van der Waals surface area contributed by atoms with Crippen molar-refractivity contribution in [2.45, 2.75) is 13.5 Å². The van der Waals surface area contributed by atoms with Gasteiger partial charge in [-0.1, -0.05) is 12.1 Å². The zero-order chi connectivity index (χ0) is 11.1. The Bertz CT molecular complexity index is 326. The first-order chi connectivity index (χ1) is 7.22. The largest absolute Gasteiger partial charge is 0.492 e. The van der Waals surface area contributed by atoms with Crippen LogP contribution in [-0.2, 0) is 11.3 Å². The molecule has 0 heterocycles. The Morgan fingerprint density at radius 2 is 2.33 bits per heavy atom. The van der Waals surface area contributed by atoms with E-state index in [9.17, 15) is 4.79 Å². The van der Waals surface area contributed by atoms with Crippen molar-refractivity contribution in [3.63, 3.8) is 0 Å². The highest BCUT2D eigenvalue weighted by atomic mass is 16.5. The number of carbonyl (C=O) groups excluding carboxylic acids is 1. The first-order valence-electron chi connectivity index (χ1n) is 4.88. The van der Waals surface area contributed by atoms with Crippen LogP contribution in [0.5, 0.6) is 5.75 Å². The van der Waals surface area contributed by atoms with Gasteiger partial charge in [0.05, 0.1) is 6.54 Å². The minimum absolute atomic E-state index is 0.0469. The molecule has 0 radical (unpaired) electrons. The lowest BCUT2D eigenvalue weighted by molar-refractivity contribution is -0.119. The lowest BCUT2D eigenvalue weighted by Gasteiger charge is -2.07. The van der Waals surface area contributed by atoms with Gasteiger partial charge in [0.1, 0.15) is 12.4 Å². The maximum Gasteiger partial charge on any atom is 0.216 e. The van der Waals surface area contributed by atoms with Crippen molar-refractivity contribution in [2.24, 2.45) is 5.73 Å². The van der Waals surface area contributed by atoms with Gasteiger partial charge >= 0.3 is 0 Å². The van der Waals surface area contributed by atoms with E-state index in [2.05, 4.69) is 5.32 Å². The van der Waals surface area contributed by atoms with Crippen molar-refractivity contribution in [1.82, 2.24) is 5.32 Å². The maximum atomic E-state index is 10.6. The van der Waals surface area contributed by atoms with Crippen LogP contribution in [0.3, 0.4) is 0 Å². The molecule has 3 N–H and O–H groups in total. The van der Waals surface area contributed by atoms with Crippen LogP contribution in [0.2, 0.25) is 0 Å². The van der Waals surface area contributed by atoms with Crippen molar-refractivity contribution in [2.75, 3.05) is 13.2 Å². The molecule has 0 bridgehead atoms. The van der Waals surface area contributed by atoms with E-state index in [1.54, 1.807) is 0 Å². The van der Waals surface area contributed by atoms with Gasteiger partial charge in [0.15, 0.2) is 0 Å². The molecular weight excluding hydrogens is 192 g/mol. The predicted octanol–water partition coefficient (Wildman–Crippen LogP) is 0.660. The van der Waals surface area contributed by atoms with Crippen molar-refractivity contribution in [3.8, 4) is 5.75 Å². The number of ether oxygens (including phenoxy) is 1. The highest BCUT2D eigenvalue weighted by molar-refractivity contribution is 5.72. The van der Waals surface area contributed by atoms with E-state index in [1.165, 1.54) is 6.92 Å². The fourth-order valence-electron chi connectivity index (χ4n) is 1.16. The molecule has 1 aromatic carbocycles. The van der Waals surface area contributed by atoms with Gasteiger partial charge in [-0.25, -0.2) is 0 Å². The summed E-state index contributed by atoms with van der Waals surface area (Å²) in [6.45, 7) is 2.97. The molecule has 0 aliphatic rings. The summed E-state index contributed by atoms with van der Waals surface area (Å²) in [6, 6.07) is 7.61. The summed E-state index contributed by atoms with van der Waals surface area (Å²) in [5.74, 6) is 0.734. The average molecular weight is 208 g/mol. The highest BCUT2D eigenvalue weighted by Crippen LogP contribution is 2.12. The minimum atomic E-state index is -0.0469. The van der Waals surface area contributed by atoms with Gasteiger partial charge in [-0.2, -0.15) is 0 Å². The molecule has 0 spiro atoms. The average Bonchev–Trinajstić information content (AvgIpc) is 2.24. The summed E-state index contributed by atoms with van der Waals surface area (Å²) in [7, 11) is 0. The third kappa shape index (κ3) is 4.46. The van der Waals surface area contributed by atoms with Crippen LogP contribution in [0, 0.1) is 0 Å². The van der Waals surface area contributed by atoms with Gasteiger partial charge in [0, 0.05) is 13.5 Å². The highest BCUT2D eigenvalue weighted by Gasteiger charge is 1.95. The molecule has 0 aliphatic heterocycles. The Kier molecular flexibility index (Phi) is 4.63. The molecule has 0 aromatic heterocycles. The SMILES string of the molecule is CC(=O)NCCOc1cccc(CN)c1. The van der Waals surface area contributed by atoms with Crippen LogP contribution >= 0.6 is 0 Å². The third-order valence-electron chi connectivity index (χ3n) is 1.88. The second kappa shape index (κ2) is 6.03. The summed E-state index contributed by atoms with van der Waals surface area (Å²) < 4.78 is 5.43. The molecule has 0 atom stereocenters. The summed E-state index contributed by atoms with van der Waals surface area (Å²) in [5.41, 5.74) is 6.53. The summed E-state index contributed by atoms with van der Waals surface area (Å²) in [5, 5.41) is 2.66. The van der Waals surface area contributed by atoms with E-state index in [0.717, 1.165) is 11.3 Å². The number of rotatable bonds is 5. The molecule has 1 amide bonds. The Morgan fingerprint density at radius 3 is 3.00 bits per heavy atom. The van der Waals surface area contributed by atoms with Crippen LogP contribution in [0.15, 0.2) is 24.3 Å². The number of nitrogens with one attached hydrogen (secondary N) is 1. The molecule has 1 rings (SSSR count). The topological polar surface area (TPSA) is 64.3 Å². The second-order valence-electron chi connectivity index (χ2n) is 3.18. The van der Waals surface area contributed by atoms with Crippen LogP contribution < -0.4 is 15.8 Å². The van der Waals surface area contributed by atoms with Gasteiger partial charge in [0.2, 0.25) is 5.91 Å². The molecule has 0 fully saturated rings. The van der Waals surface area contributed by atoms with Crippen molar-refractivity contribution in [1.29, 1.82) is 0 Å². The zero-order valence-electron chi connectivity index (χ0n) is 8.82. The summed E-state index contributed by atoms with van der Waals surface area (Å²) >= 11 is 0. The lowest BCUT2D eigenvalue weighted by Crippen LogP contribution is -2.25.